The minimum Gasteiger partial charge on any atom is -0.467 e. The number of carbonyl (C=O) groups excluding carboxylic acids is 1. The van der Waals surface area contributed by atoms with Crippen LogP contribution in [-0.2, 0) is 9.53 Å². The van der Waals surface area contributed by atoms with E-state index in [0.717, 1.165) is 7.11 Å². The molecule has 1 unspecified atom stereocenters. The predicted octanol–water partition coefficient (Wildman–Crippen LogP) is 0.508. The van der Waals surface area contributed by atoms with Gasteiger partial charge in [-0.05, 0) is 15.9 Å². The van der Waals surface area contributed by atoms with Gasteiger partial charge in [0, 0.05) is 0 Å². The zero-order valence-electron chi connectivity index (χ0n) is 4.97. The van der Waals surface area contributed by atoms with E-state index < -0.39 is 16.9 Å². The summed E-state index contributed by atoms with van der Waals surface area (Å²) in [7, 11) is 0.907. The van der Waals surface area contributed by atoms with E-state index in [1.807, 2.05) is 0 Å². The van der Waals surface area contributed by atoms with Gasteiger partial charge in [0.2, 0.25) is 6.10 Å². The molecule has 0 saturated carbocycles. The number of alkyl halides is 3. The lowest BCUT2D eigenvalue weighted by Crippen LogP contribution is -2.35. The van der Waals surface area contributed by atoms with Crippen LogP contribution in [0.2, 0.25) is 0 Å². The van der Waals surface area contributed by atoms with Crippen LogP contribution in [0.1, 0.15) is 0 Å². The van der Waals surface area contributed by atoms with Gasteiger partial charge in [0.1, 0.15) is 0 Å². The van der Waals surface area contributed by atoms with Gasteiger partial charge in [-0.25, -0.2) is 4.79 Å². The molecule has 0 aromatic carbocycles. The summed E-state index contributed by atoms with van der Waals surface area (Å²) in [6.07, 6.45) is -2.45. The summed E-state index contributed by atoms with van der Waals surface area (Å²) in [6, 6.07) is 0. The SMILES string of the molecule is COC(=O)C(O)C(F)(F)Br. The van der Waals surface area contributed by atoms with Crippen LogP contribution in [0, 0.1) is 0 Å². The first kappa shape index (κ1) is 9.77. The third-order valence-electron chi connectivity index (χ3n) is 0.734. The summed E-state index contributed by atoms with van der Waals surface area (Å²) in [5.74, 6) is -1.37. The fourth-order valence-corrected chi connectivity index (χ4v) is 0.432. The first-order chi connectivity index (χ1) is 4.39. The molecule has 0 aliphatic heterocycles. The van der Waals surface area contributed by atoms with E-state index in [4.69, 9.17) is 5.11 Å². The predicted molar refractivity (Wildman–Crippen MR) is 31.9 cm³/mol. The highest BCUT2D eigenvalue weighted by atomic mass is 79.9. The van der Waals surface area contributed by atoms with E-state index in [0.29, 0.717) is 0 Å². The molecule has 0 fully saturated rings. The van der Waals surface area contributed by atoms with Crippen LogP contribution in [0.4, 0.5) is 8.78 Å². The average molecular weight is 219 g/mol. The minimum absolute atomic E-state index is 0.907. The van der Waals surface area contributed by atoms with E-state index in [1.165, 1.54) is 0 Å². The summed E-state index contributed by atoms with van der Waals surface area (Å²) in [4.78, 5) is 6.55. The van der Waals surface area contributed by atoms with Crippen molar-refractivity contribution in [2.45, 2.75) is 10.9 Å². The van der Waals surface area contributed by atoms with Crippen molar-refractivity contribution in [3.05, 3.63) is 0 Å². The number of halogens is 3. The highest BCUT2D eigenvalue weighted by molar-refractivity contribution is 9.10. The van der Waals surface area contributed by atoms with Gasteiger partial charge >= 0.3 is 10.8 Å². The number of carbonyl (C=O) groups is 1. The van der Waals surface area contributed by atoms with Crippen molar-refractivity contribution < 1.29 is 23.4 Å². The van der Waals surface area contributed by atoms with Crippen molar-refractivity contribution in [1.82, 2.24) is 0 Å². The van der Waals surface area contributed by atoms with E-state index in [1.54, 1.807) is 15.9 Å². The van der Waals surface area contributed by atoms with Crippen LogP contribution in [-0.4, -0.2) is 29.1 Å². The lowest BCUT2D eigenvalue weighted by Gasteiger charge is -2.12. The van der Waals surface area contributed by atoms with Crippen molar-refractivity contribution in [3.63, 3.8) is 0 Å². The molecule has 0 rings (SSSR count). The third kappa shape index (κ3) is 2.57. The van der Waals surface area contributed by atoms with E-state index in [-0.39, 0.29) is 0 Å². The first-order valence-corrected chi connectivity index (χ1v) is 3.01. The van der Waals surface area contributed by atoms with Gasteiger partial charge in [0.05, 0.1) is 7.11 Å². The summed E-state index contributed by atoms with van der Waals surface area (Å²) in [5, 5.41) is 8.38. The van der Waals surface area contributed by atoms with Crippen LogP contribution in [0.5, 0.6) is 0 Å². The first-order valence-electron chi connectivity index (χ1n) is 2.22. The molecule has 6 heteroatoms. The number of methoxy groups -OCH3 is 1. The van der Waals surface area contributed by atoms with Gasteiger partial charge in [0.25, 0.3) is 0 Å². The molecule has 1 atom stereocenters. The standard InChI is InChI=1S/C4H5BrF2O3/c1-10-3(9)2(8)4(5,6)7/h2,8H,1H3. The van der Waals surface area contributed by atoms with Gasteiger partial charge in [0.15, 0.2) is 0 Å². The van der Waals surface area contributed by atoms with Crippen molar-refractivity contribution in [1.29, 1.82) is 0 Å². The number of aliphatic hydroxyl groups excluding tert-OH is 1. The highest BCUT2D eigenvalue weighted by Gasteiger charge is 2.41. The monoisotopic (exact) mass is 218 g/mol. The molecule has 0 aromatic heterocycles. The number of ether oxygens (including phenoxy) is 1. The number of aliphatic hydroxyl groups is 1. The molecule has 0 aliphatic rings. The molecule has 0 saturated heterocycles. The van der Waals surface area contributed by atoms with Crippen molar-refractivity contribution in [3.8, 4) is 0 Å². The Morgan fingerprint density at radius 2 is 2.20 bits per heavy atom. The van der Waals surface area contributed by atoms with Crippen LogP contribution in [0.15, 0.2) is 0 Å². The molecule has 0 aromatic rings. The second-order valence-electron chi connectivity index (χ2n) is 1.47. The van der Waals surface area contributed by atoms with Gasteiger partial charge in [-0.3, -0.25) is 0 Å². The Morgan fingerprint density at radius 3 is 2.30 bits per heavy atom. The Balaban J connectivity index is 4.08. The van der Waals surface area contributed by atoms with Crippen LogP contribution >= 0.6 is 15.9 Å². The molecule has 1 N–H and O–H groups in total. The van der Waals surface area contributed by atoms with Crippen LogP contribution < -0.4 is 0 Å². The van der Waals surface area contributed by atoms with Crippen molar-refractivity contribution >= 4 is 21.9 Å². The van der Waals surface area contributed by atoms with E-state index in [9.17, 15) is 13.6 Å². The van der Waals surface area contributed by atoms with E-state index in [2.05, 4.69) is 4.74 Å². The molecule has 0 bridgehead atoms. The summed E-state index contributed by atoms with van der Waals surface area (Å²) < 4.78 is 27.7. The lowest BCUT2D eigenvalue weighted by atomic mass is 10.4. The third-order valence-corrected chi connectivity index (χ3v) is 1.17. The molecule has 3 nitrogen and oxygen atoms in total. The number of rotatable bonds is 2. The second kappa shape index (κ2) is 3.25. The van der Waals surface area contributed by atoms with Crippen molar-refractivity contribution in [2.75, 3.05) is 7.11 Å². The molecule has 60 valence electrons. The Bertz CT molecular complexity index is 133. The van der Waals surface area contributed by atoms with Crippen LogP contribution in [0.25, 0.3) is 0 Å². The quantitative estimate of drug-likeness (QED) is 0.543. The average Bonchev–Trinajstić information content (AvgIpc) is 1.83. The van der Waals surface area contributed by atoms with Crippen LogP contribution in [0.3, 0.4) is 0 Å². The smallest absolute Gasteiger partial charge is 0.342 e. The topological polar surface area (TPSA) is 46.5 Å². The largest absolute Gasteiger partial charge is 0.467 e. The molecular weight excluding hydrogens is 214 g/mol. The Morgan fingerprint density at radius 1 is 1.80 bits per heavy atom. The fourth-order valence-electron chi connectivity index (χ4n) is 0.245. The Hall–Kier alpha value is -0.230. The Labute approximate surface area is 64.1 Å². The summed E-state index contributed by atoms with van der Waals surface area (Å²) >= 11 is 1.80. The molecule has 0 spiro atoms. The van der Waals surface area contributed by atoms with Gasteiger partial charge in [-0.2, -0.15) is 8.78 Å². The maximum Gasteiger partial charge on any atom is 0.342 e. The Kier molecular flexibility index (Phi) is 3.17. The number of esters is 1. The molecule has 0 radical (unpaired) electrons. The van der Waals surface area contributed by atoms with Gasteiger partial charge in [-0.15, -0.1) is 0 Å². The molecule has 0 heterocycles. The summed E-state index contributed by atoms with van der Waals surface area (Å²) in [6.45, 7) is 0. The molecule has 10 heavy (non-hydrogen) atoms. The van der Waals surface area contributed by atoms with E-state index >= 15 is 0 Å². The molecule has 0 aliphatic carbocycles. The summed E-state index contributed by atoms with van der Waals surface area (Å²) in [5.41, 5.74) is 0. The van der Waals surface area contributed by atoms with Gasteiger partial charge in [-0.1, -0.05) is 0 Å². The molecule has 0 amide bonds. The zero-order chi connectivity index (χ0) is 8.36. The van der Waals surface area contributed by atoms with Crippen molar-refractivity contribution in [2.24, 2.45) is 0 Å². The zero-order valence-corrected chi connectivity index (χ0v) is 6.56. The highest BCUT2D eigenvalue weighted by Crippen LogP contribution is 2.26. The maximum atomic E-state index is 11.9. The van der Waals surface area contributed by atoms with Gasteiger partial charge < -0.3 is 9.84 Å². The molecular formula is C4H5BrF2O3. The number of hydrogen-bond acceptors (Lipinski definition) is 3. The normalized spacial score (nSPS) is 14.5. The fraction of sp³-hybridized carbons (Fsp3) is 0.750. The number of hydrogen-bond donors (Lipinski definition) is 1. The second-order valence-corrected chi connectivity index (χ2v) is 2.52. The minimum atomic E-state index is -3.62. The maximum absolute atomic E-state index is 11.9. The lowest BCUT2D eigenvalue weighted by molar-refractivity contribution is -0.160.